The highest BCUT2D eigenvalue weighted by Crippen LogP contribution is 2.24. The lowest BCUT2D eigenvalue weighted by molar-refractivity contribution is -0.119. The van der Waals surface area contributed by atoms with E-state index in [1.165, 1.54) is 11.8 Å². The zero-order valence-corrected chi connectivity index (χ0v) is 15.1. The lowest BCUT2D eigenvalue weighted by atomic mass is 9.99. The topological polar surface area (TPSA) is 64.1 Å². The molecule has 2 heterocycles. The van der Waals surface area contributed by atoms with Gasteiger partial charge in [0, 0.05) is 29.7 Å². The number of benzene rings is 1. The summed E-state index contributed by atoms with van der Waals surface area (Å²) < 4.78 is 5.22. The average Bonchev–Trinajstić information content (AvgIpc) is 2.72. The molecule has 2 aromatic heterocycles. The van der Waals surface area contributed by atoms with Crippen LogP contribution in [0, 0.1) is 0 Å². The van der Waals surface area contributed by atoms with Crippen LogP contribution < -0.4 is 10.1 Å². The number of aromatic nitrogens is 2. The van der Waals surface area contributed by atoms with Crippen LogP contribution in [0.1, 0.15) is 17.2 Å². The second-order valence-corrected chi connectivity index (χ2v) is 6.57. The number of nitrogens with one attached hydrogen (secondary N) is 1. The molecule has 5 nitrogen and oxygen atoms in total. The van der Waals surface area contributed by atoms with Gasteiger partial charge < -0.3 is 10.1 Å². The van der Waals surface area contributed by atoms with Gasteiger partial charge in [0.15, 0.2) is 0 Å². The molecule has 0 aliphatic heterocycles. The van der Waals surface area contributed by atoms with Crippen molar-refractivity contribution in [3.63, 3.8) is 0 Å². The Morgan fingerprint density at radius 1 is 0.962 bits per heavy atom. The van der Waals surface area contributed by atoms with Crippen LogP contribution in [0.5, 0.6) is 5.75 Å². The largest absolute Gasteiger partial charge is 0.497 e. The van der Waals surface area contributed by atoms with E-state index < -0.39 is 0 Å². The molecule has 1 amide bonds. The highest BCUT2D eigenvalue weighted by atomic mass is 32.2. The van der Waals surface area contributed by atoms with Crippen LogP contribution in [0.3, 0.4) is 0 Å². The van der Waals surface area contributed by atoms with Crippen LogP contribution in [-0.2, 0) is 4.79 Å². The second kappa shape index (κ2) is 9.01. The molecule has 6 heteroatoms. The highest BCUT2D eigenvalue weighted by molar-refractivity contribution is 8.00. The summed E-state index contributed by atoms with van der Waals surface area (Å²) >= 11 is 1.48. The van der Waals surface area contributed by atoms with Crippen LogP contribution >= 0.6 is 11.8 Å². The van der Waals surface area contributed by atoms with Gasteiger partial charge in [0.1, 0.15) is 5.75 Å². The number of amides is 1. The van der Waals surface area contributed by atoms with E-state index in [9.17, 15) is 4.79 Å². The quantitative estimate of drug-likeness (QED) is 0.650. The minimum atomic E-state index is -0.241. The Morgan fingerprint density at radius 2 is 1.54 bits per heavy atom. The Kier molecular flexibility index (Phi) is 6.22. The summed E-state index contributed by atoms with van der Waals surface area (Å²) in [6.07, 6.45) is 6.89. The van der Waals surface area contributed by atoms with E-state index in [-0.39, 0.29) is 11.9 Å². The number of hydrogen-bond acceptors (Lipinski definition) is 5. The van der Waals surface area contributed by atoms with E-state index in [4.69, 9.17) is 4.74 Å². The SMILES string of the molecule is COc1ccc(C(NC(=O)CSc2ccncc2)c2ccncc2)cc1. The summed E-state index contributed by atoms with van der Waals surface area (Å²) in [5.74, 6) is 1.08. The molecule has 0 radical (unpaired) electrons. The minimum absolute atomic E-state index is 0.0376. The first-order chi connectivity index (χ1) is 12.8. The van der Waals surface area contributed by atoms with Gasteiger partial charge in [-0.25, -0.2) is 0 Å². The molecule has 0 saturated heterocycles. The van der Waals surface area contributed by atoms with Gasteiger partial charge in [-0.05, 0) is 47.5 Å². The van der Waals surface area contributed by atoms with Gasteiger partial charge in [0.2, 0.25) is 5.91 Å². The molecule has 0 saturated carbocycles. The Balaban J connectivity index is 1.74. The third-order valence-corrected chi connectivity index (χ3v) is 4.83. The molecule has 0 bridgehead atoms. The van der Waals surface area contributed by atoms with E-state index >= 15 is 0 Å². The second-order valence-electron chi connectivity index (χ2n) is 5.53. The monoisotopic (exact) mass is 365 g/mol. The molecule has 0 fully saturated rings. The number of pyridine rings is 2. The summed E-state index contributed by atoms with van der Waals surface area (Å²) in [4.78, 5) is 21.6. The molecular formula is C20H19N3O2S. The fourth-order valence-electron chi connectivity index (χ4n) is 2.50. The molecule has 0 aliphatic rings. The zero-order valence-electron chi connectivity index (χ0n) is 14.3. The van der Waals surface area contributed by atoms with Crippen molar-refractivity contribution in [3.05, 3.63) is 84.4 Å². The van der Waals surface area contributed by atoms with E-state index in [2.05, 4.69) is 15.3 Å². The molecular weight excluding hydrogens is 346 g/mol. The Morgan fingerprint density at radius 3 is 2.15 bits per heavy atom. The Bertz CT molecular complexity index is 827. The number of thioether (sulfide) groups is 1. The van der Waals surface area contributed by atoms with E-state index in [1.807, 2.05) is 48.5 Å². The molecule has 132 valence electrons. The van der Waals surface area contributed by atoms with Gasteiger partial charge in [-0.2, -0.15) is 0 Å². The van der Waals surface area contributed by atoms with E-state index in [0.717, 1.165) is 21.8 Å². The molecule has 1 atom stereocenters. The van der Waals surface area contributed by atoms with E-state index in [0.29, 0.717) is 5.75 Å². The molecule has 3 aromatic rings. The molecule has 1 unspecified atom stereocenters. The van der Waals surface area contributed by atoms with Crippen molar-refractivity contribution >= 4 is 17.7 Å². The summed E-state index contributed by atoms with van der Waals surface area (Å²) in [7, 11) is 1.63. The zero-order chi connectivity index (χ0) is 18.2. The van der Waals surface area contributed by atoms with Crippen molar-refractivity contribution in [2.75, 3.05) is 12.9 Å². The van der Waals surface area contributed by atoms with Crippen molar-refractivity contribution in [1.82, 2.24) is 15.3 Å². The Hall–Kier alpha value is -2.86. The molecule has 3 rings (SSSR count). The maximum Gasteiger partial charge on any atom is 0.231 e. The minimum Gasteiger partial charge on any atom is -0.497 e. The molecule has 26 heavy (non-hydrogen) atoms. The normalized spacial score (nSPS) is 11.6. The van der Waals surface area contributed by atoms with Crippen LogP contribution in [0.15, 0.2) is 78.2 Å². The first-order valence-electron chi connectivity index (χ1n) is 8.12. The molecule has 0 spiro atoms. The van der Waals surface area contributed by atoms with Gasteiger partial charge in [0.25, 0.3) is 0 Å². The highest BCUT2D eigenvalue weighted by Gasteiger charge is 2.17. The predicted molar refractivity (Wildman–Crippen MR) is 102 cm³/mol. The number of carbonyl (C=O) groups is 1. The summed E-state index contributed by atoms with van der Waals surface area (Å²) in [6.45, 7) is 0. The van der Waals surface area contributed by atoms with Gasteiger partial charge >= 0.3 is 0 Å². The fraction of sp³-hybridized carbons (Fsp3) is 0.150. The maximum atomic E-state index is 12.5. The van der Waals surface area contributed by atoms with Crippen molar-refractivity contribution < 1.29 is 9.53 Å². The average molecular weight is 365 g/mol. The molecule has 0 aliphatic carbocycles. The van der Waals surface area contributed by atoms with Gasteiger partial charge in [-0.15, -0.1) is 11.8 Å². The van der Waals surface area contributed by atoms with Crippen molar-refractivity contribution in [3.8, 4) is 5.75 Å². The first kappa shape index (κ1) is 17.9. The third-order valence-electron chi connectivity index (χ3n) is 3.81. The number of hydrogen-bond donors (Lipinski definition) is 1. The maximum absolute atomic E-state index is 12.5. The third kappa shape index (κ3) is 4.83. The predicted octanol–water partition coefficient (Wildman–Crippen LogP) is 3.48. The lowest BCUT2D eigenvalue weighted by Gasteiger charge is -2.20. The lowest BCUT2D eigenvalue weighted by Crippen LogP contribution is -2.30. The van der Waals surface area contributed by atoms with Crippen LogP contribution in [0.2, 0.25) is 0 Å². The van der Waals surface area contributed by atoms with E-state index in [1.54, 1.807) is 31.9 Å². The van der Waals surface area contributed by atoms with Crippen LogP contribution in [0.4, 0.5) is 0 Å². The summed E-state index contributed by atoms with van der Waals surface area (Å²) in [5.41, 5.74) is 1.96. The van der Waals surface area contributed by atoms with Crippen molar-refractivity contribution in [1.29, 1.82) is 0 Å². The van der Waals surface area contributed by atoms with Gasteiger partial charge in [0.05, 0.1) is 18.9 Å². The van der Waals surface area contributed by atoms with Gasteiger partial charge in [-0.1, -0.05) is 12.1 Å². The number of carbonyl (C=O) groups excluding carboxylic acids is 1. The molecule has 1 aromatic carbocycles. The number of rotatable bonds is 7. The summed E-state index contributed by atoms with van der Waals surface area (Å²) in [6, 6.07) is 15.1. The number of nitrogens with zero attached hydrogens (tertiary/aromatic N) is 2. The molecule has 1 N–H and O–H groups in total. The number of ether oxygens (including phenoxy) is 1. The smallest absolute Gasteiger partial charge is 0.231 e. The summed E-state index contributed by atoms with van der Waals surface area (Å²) in [5, 5.41) is 3.11. The fourth-order valence-corrected chi connectivity index (χ4v) is 3.19. The van der Waals surface area contributed by atoms with Crippen molar-refractivity contribution in [2.24, 2.45) is 0 Å². The number of methoxy groups -OCH3 is 1. The van der Waals surface area contributed by atoms with Crippen LogP contribution in [0.25, 0.3) is 0 Å². The standard InChI is InChI=1S/C20H19N3O2S/c1-25-17-4-2-15(3-5-17)20(16-6-10-21-11-7-16)23-19(24)14-26-18-8-12-22-13-9-18/h2-13,20H,14H2,1H3,(H,23,24). The Labute approximate surface area is 156 Å². The first-order valence-corrected chi connectivity index (χ1v) is 9.11. The van der Waals surface area contributed by atoms with Gasteiger partial charge in [-0.3, -0.25) is 14.8 Å². The van der Waals surface area contributed by atoms with Crippen LogP contribution in [-0.4, -0.2) is 28.7 Å². The van der Waals surface area contributed by atoms with Crippen molar-refractivity contribution in [2.45, 2.75) is 10.9 Å².